The summed E-state index contributed by atoms with van der Waals surface area (Å²) in [5.74, 6) is 0.0133. The minimum Gasteiger partial charge on any atom is -0.352 e. The van der Waals surface area contributed by atoms with Gasteiger partial charge >= 0.3 is 0 Å². The topological polar surface area (TPSA) is 72.2 Å². The van der Waals surface area contributed by atoms with Crippen LogP contribution in [0.3, 0.4) is 0 Å². The molecule has 0 spiro atoms. The highest BCUT2D eigenvalue weighted by atomic mass is 16.1. The van der Waals surface area contributed by atoms with Gasteiger partial charge < -0.3 is 5.32 Å². The van der Waals surface area contributed by atoms with Crippen LogP contribution in [-0.4, -0.2) is 25.5 Å². The molecular weight excluding hydrogens is 374 g/mol. The predicted octanol–water partition coefficient (Wildman–Crippen LogP) is 3.97. The number of carbonyl (C=O) groups excluding carboxylic acids is 1. The molecule has 1 aromatic carbocycles. The van der Waals surface area contributed by atoms with Crippen molar-refractivity contribution in [2.45, 2.75) is 40.2 Å². The highest BCUT2D eigenvalue weighted by Crippen LogP contribution is 2.29. The molecule has 1 N–H and O–H groups in total. The molecule has 0 aliphatic rings. The molecule has 3 heterocycles. The van der Waals surface area contributed by atoms with Crippen molar-refractivity contribution in [3.05, 3.63) is 83.1 Å². The van der Waals surface area contributed by atoms with Gasteiger partial charge in [0, 0.05) is 42.3 Å². The van der Waals surface area contributed by atoms with E-state index in [4.69, 9.17) is 10.1 Å². The fourth-order valence-corrected chi connectivity index (χ4v) is 3.80. The third-order valence-electron chi connectivity index (χ3n) is 5.38. The van der Waals surface area contributed by atoms with Gasteiger partial charge in [-0.3, -0.25) is 9.78 Å². The van der Waals surface area contributed by atoms with Crippen molar-refractivity contribution in [3.63, 3.8) is 0 Å². The summed E-state index contributed by atoms with van der Waals surface area (Å²) in [5.41, 5.74) is 8.00. The molecule has 0 bridgehead atoms. The van der Waals surface area contributed by atoms with Gasteiger partial charge in [-0.1, -0.05) is 36.4 Å². The Labute approximate surface area is 176 Å². The van der Waals surface area contributed by atoms with Crippen LogP contribution in [0.2, 0.25) is 0 Å². The molecule has 0 radical (unpaired) electrons. The predicted molar refractivity (Wildman–Crippen MR) is 117 cm³/mol. The first kappa shape index (κ1) is 19.8. The van der Waals surface area contributed by atoms with E-state index in [0.29, 0.717) is 19.4 Å². The average molecular weight is 399 g/mol. The molecule has 3 aromatic heterocycles. The minimum absolute atomic E-state index is 0.0133. The fourth-order valence-electron chi connectivity index (χ4n) is 3.80. The summed E-state index contributed by atoms with van der Waals surface area (Å²) in [6.07, 6.45) is 4.51. The SMILES string of the molecule is Cc1nc2c(-c3ccccc3)c(C)nn2c(C)c1CCC(=O)NCc1cccnc1. The van der Waals surface area contributed by atoms with Crippen LogP contribution in [-0.2, 0) is 17.8 Å². The summed E-state index contributed by atoms with van der Waals surface area (Å²) < 4.78 is 1.91. The van der Waals surface area contributed by atoms with Crippen LogP contribution in [0.1, 0.15) is 34.6 Å². The van der Waals surface area contributed by atoms with Crippen molar-refractivity contribution in [3.8, 4) is 11.1 Å². The molecule has 152 valence electrons. The Morgan fingerprint density at radius 3 is 2.57 bits per heavy atom. The summed E-state index contributed by atoms with van der Waals surface area (Å²) in [6.45, 7) is 6.55. The normalized spacial score (nSPS) is 11.0. The summed E-state index contributed by atoms with van der Waals surface area (Å²) in [6, 6.07) is 14.0. The molecule has 4 rings (SSSR count). The highest BCUT2D eigenvalue weighted by Gasteiger charge is 2.18. The number of hydrogen-bond donors (Lipinski definition) is 1. The number of benzene rings is 1. The Morgan fingerprint density at radius 1 is 1.03 bits per heavy atom. The summed E-state index contributed by atoms with van der Waals surface area (Å²) in [7, 11) is 0. The lowest BCUT2D eigenvalue weighted by Gasteiger charge is -2.12. The molecule has 0 fully saturated rings. The van der Waals surface area contributed by atoms with Crippen LogP contribution < -0.4 is 5.32 Å². The van der Waals surface area contributed by atoms with Crippen molar-refractivity contribution in [2.75, 3.05) is 0 Å². The molecule has 0 unspecified atom stereocenters. The van der Waals surface area contributed by atoms with E-state index >= 15 is 0 Å². The molecule has 0 saturated carbocycles. The maximum Gasteiger partial charge on any atom is 0.220 e. The largest absolute Gasteiger partial charge is 0.352 e. The zero-order valence-electron chi connectivity index (χ0n) is 17.5. The monoisotopic (exact) mass is 399 g/mol. The number of hydrogen-bond acceptors (Lipinski definition) is 4. The van der Waals surface area contributed by atoms with Gasteiger partial charge in [0.05, 0.1) is 5.69 Å². The van der Waals surface area contributed by atoms with Crippen molar-refractivity contribution < 1.29 is 4.79 Å². The zero-order valence-corrected chi connectivity index (χ0v) is 17.5. The van der Waals surface area contributed by atoms with Crippen LogP contribution in [0.5, 0.6) is 0 Å². The Hall–Kier alpha value is -3.54. The number of aromatic nitrogens is 4. The van der Waals surface area contributed by atoms with Crippen molar-refractivity contribution >= 4 is 11.6 Å². The van der Waals surface area contributed by atoms with Crippen LogP contribution in [0.25, 0.3) is 16.8 Å². The van der Waals surface area contributed by atoms with Crippen molar-refractivity contribution in [2.24, 2.45) is 0 Å². The van der Waals surface area contributed by atoms with Gasteiger partial charge in [0.25, 0.3) is 0 Å². The Bertz CT molecular complexity index is 1180. The molecule has 0 aliphatic carbocycles. The fraction of sp³-hybridized carbons (Fsp3) is 0.250. The summed E-state index contributed by atoms with van der Waals surface area (Å²) in [4.78, 5) is 21.3. The lowest BCUT2D eigenvalue weighted by molar-refractivity contribution is -0.121. The second kappa shape index (κ2) is 8.45. The Kier molecular flexibility index (Phi) is 5.57. The minimum atomic E-state index is 0.0133. The number of carbonyl (C=O) groups is 1. The van der Waals surface area contributed by atoms with E-state index in [1.165, 1.54) is 0 Å². The van der Waals surface area contributed by atoms with Gasteiger partial charge in [0.2, 0.25) is 5.91 Å². The number of fused-ring (bicyclic) bond motifs is 1. The molecule has 30 heavy (non-hydrogen) atoms. The Morgan fingerprint density at radius 2 is 1.83 bits per heavy atom. The molecule has 6 nitrogen and oxygen atoms in total. The number of pyridine rings is 1. The van der Waals surface area contributed by atoms with Crippen LogP contribution >= 0.6 is 0 Å². The number of nitrogens with one attached hydrogen (secondary N) is 1. The van der Waals surface area contributed by atoms with E-state index in [1.807, 2.05) is 55.6 Å². The van der Waals surface area contributed by atoms with Crippen molar-refractivity contribution in [1.82, 2.24) is 24.9 Å². The lowest BCUT2D eigenvalue weighted by atomic mass is 10.0. The first-order valence-electron chi connectivity index (χ1n) is 10.1. The molecular formula is C24H25N5O. The molecule has 0 atom stereocenters. The molecule has 0 saturated heterocycles. The number of nitrogens with zero attached hydrogens (tertiary/aromatic N) is 4. The van der Waals surface area contributed by atoms with Gasteiger partial charge in [-0.05, 0) is 49.9 Å². The number of rotatable bonds is 6. The van der Waals surface area contributed by atoms with Gasteiger partial charge in [-0.2, -0.15) is 5.10 Å². The van der Waals surface area contributed by atoms with E-state index in [9.17, 15) is 4.79 Å². The van der Waals surface area contributed by atoms with E-state index in [-0.39, 0.29) is 5.91 Å². The third kappa shape index (κ3) is 3.94. The van der Waals surface area contributed by atoms with Gasteiger partial charge in [-0.25, -0.2) is 9.50 Å². The van der Waals surface area contributed by atoms with Crippen LogP contribution in [0.15, 0.2) is 54.9 Å². The summed E-state index contributed by atoms with van der Waals surface area (Å²) >= 11 is 0. The van der Waals surface area contributed by atoms with E-state index in [1.54, 1.807) is 12.4 Å². The quantitative estimate of drug-likeness (QED) is 0.533. The van der Waals surface area contributed by atoms with E-state index in [0.717, 1.165) is 45.0 Å². The standard InChI is InChI=1S/C24H25N5O/c1-16-21(11-12-22(30)26-15-19-8-7-13-25-14-19)18(3)29-24(27-16)23(17(2)28-29)20-9-5-4-6-10-20/h4-10,13-14H,11-12,15H2,1-3H3,(H,26,30). The Balaban J connectivity index is 1.54. The van der Waals surface area contributed by atoms with Crippen molar-refractivity contribution in [1.29, 1.82) is 0 Å². The van der Waals surface area contributed by atoms with Gasteiger partial charge in [-0.15, -0.1) is 0 Å². The second-order valence-corrected chi connectivity index (χ2v) is 7.46. The van der Waals surface area contributed by atoms with Gasteiger partial charge in [0.15, 0.2) is 5.65 Å². The lowest BCUT2D eigenvalue weighted by Crippen LogP contribution is -2.23. The highest BCUT2D eigenvalue weighted by molar-refractivity contribution is 5.80. The first-order valence-corrected chi connectivity index (χ1v) is 10.1. The van der Waals surface area contributed by atoms with E-state index < -0.39 is 0 Å². The zero-order chi connectivity index (χ0) is 21.1. The summed E-state index contributed by atoms with van der Waals surface area (Å²) in [5, 5.41) is 7.70. The number of amides is 1. The third-order valence-corrected chi connectivity index (χ3v) is 5.38. The second-order valence-electron chi connectivity index (χ2n) is 7.46. The van der Waals surface area contributed by atoms with Crippen LogP contribution in [0.4, 0.5) is 0 Å². The first-order chi connectivity index (χ1) is 14.5. The average Bonchev–Trinajstić information content (AvgIpc) is 3.09. The molecule has 4 aromatic rings. The molecule has 1 amide bonds. The van der Waals surface area contributed by atoms with E-state index in [2.05, 4.69) is 22.4 Å². The van der Waals surface area contributed by atoms with Crippen LogP contribution in [0, 0.1) is 20.8 Å². The molecule has 6 heteroatoms. The molecule has 0 aliphatic heterocycles. The van der Waals surface area contributed by atoms with Gasteiger partial charge in [0.1, 0.15) is 0 Å². The maximum absolute atomic E-state index is 12.3. The maximum atomic E-state index is 12.3. The number of aryl methyl sites for hydroxylation is 3. The smallest absolute Gasteiger partial charge is 0.220 e.